The van der Waals surface area contributed by atoms with E-state index in [0.29, 0.717) is 13.0 Å². The molecular formula is C36H68N4O6. The monoisotopic (exact) mass is 653 g/mol. The molecule has 2 amide bonds. The van der Waals surface area contributed by atoms with Gasteiger partial charge in [0.2, 0.25) is 11.8 Å². The number of nitrogens with zero attached hydrogens (tertiary/aromatic N) is 3. The van der Waals surface area contributed by atoms with E-state index in [9.17, 15) is 19.2 Å². The molecule has 1 aliphatic rings. The molecule has 1 fully saturated rings. The third-order valence-electron chi connectivity index (χ3n) is 10.3. The van der Waals surface area contributed by atoms with Crippen molar-refractivity contribution < 1.29 is 28.7 Å². The first-order valence-electron chi connectivity index (χ1n) is 17.6. The highest BCUT2D eigenvalue weighted by molar-refractivity contribution is 5.90. The highest BCUT2D eigenvalue weighted by Crippen LogP contribution is 2.31. The molecule has 46 heavy (non-hydrogen) atoms. The first-order chi connectivity index (χ1) is 21.6. The summed E-state index contributed by atoms with van der Waals surface area (Å²) in [5, 5.41) is 3.08. The van der Waals surface area contributed by atoms with Crippen LogP contribution in [0.1, 0.15) is 93.4 Å². The molecule has 8 atom stereocenters. The largest absolute Gasteiger partial charge is 0.379 e. The van der Waals surface area contributed by atoms with Crippen LogP contribution in [0, 0.1) is 29.6 Å². The fourth-order valence-electron chi connectivity index (χ4n) is 7.47. The van der Waals surface area contributed by atoms with Crippen LogP contribution in [0.25, 0.3) is 0 Å². The van der Waals surface area contributed by atoms with E-state index >= 15 is 0 Å². The number of hydrogen-bond donors (Lipinski definition) is 1. The number of methoxy groups -OCH3 is 2. The summed E-state index contributed by atoms with van der Waals surface area (Å²) in [7, 11) is 10.7. The number of amides is 2. The number of Topliss-reactive ketones (excluding diaryl/α,β-unsaturated/α-hetero) is 2. The Labute approximate surface area is 280 Å². The second-order valence-electron chi connectivity index (χ2n) is 14.4. The first-order valence-corrected chi connectivity index (χ1v) is 17.6. The molecule has 1 N–H and O–H groups in total. The minimum atomic E-state index is -0.534. The minimum absolute atomic E-state index is 0.0339. The summed E-state index contributed by atoms with van der Waals surface area (Å²) in [6, 6.07) is -0.809. The molecule has 268 valence electrons. The van der Waals surface area contributed by atoms with E-state index in [1.54, 1.807) is 26.2 Å². The van der Waals surface area contributed by atoms with Crippen molar-refractivity contribution in [3.05, 3.63) is 0 Å². The van der Waals surface area contributed by atoms with Gasteiger partial charge >= 0.3 is 0 Å². The summed E-state index contributed by atoms with van der Waals surface area (Å²) in [6.45, 7) is 15.5. The number of likely N-dealkylation sites (tertiary alicyclic amines) is 1. The fourth-order valence-corrected chi connectivity index (χ4v) is 7.47. The van der Waals surface area contributed by atoms with Crippen LogP contribution in [0.3, 0.4) is 0 Å². The van der Waals surface area contributed by atoms with Gasteiger partial charge in [0.05, 0.1) is 36.8 Å². The normalized spacial score (nSPS) is 20.0. The standard InChI is InChI=1S/C36H68N4O6/c1-14-25(6)34(39(11)36(44)27(23(2)3)21-30(42)33(24(4)5)38(9)10)31(45-12)22-32(43)40-20-16-17-28(40)35(46-13)26(7)29(41)18-15-19-37-8/h23-28,31,33-35,37H,14-22H2,1-13H3/t25-,26-,27-,28-,31+,33-,34-,35+/m0/s1. The molecule has 0 unspecified atom stereocenters. The minimum Gasteiger partial charge on any atom is -0.379 e. The van der Waals surface area contributed by atoms with Crippen LogP contribution >= 0.6 is 0 Å². The van der Waals surface area contributed by atoms with Gasteiger partial charge in [-0.15, -0.1) is 0 Å². The molecule has 0 radical (unpaired) electrons. The molecule has 0 saturated carbocycles. The Kier molecular flexibility index (Phi) is 18.8. The Morgan fingerprint density at radius 2 is 1.54 bits per heavy atom. The molecule has 1 saturated heterocycles. The number of ether oxygens (including phenoxy) is 2. The molecule has 1 rings (SSSR count). The van der Waals surface area contributed by atoms with Crippen LogP contribution < -0.4 is 5.32 Å². The van der Waals surface area contributed by atoms with Crippen LogP contribution in [0.15, 0.2) is 0 Å². The molecule has 0 aromatic carbocycles. The van der Waals surface area contributed by atoms with Gasteiger partial charge in [0.25, 0.3) is 0 Å². The topological polar surface area (TPSA) is 108 Å². The Morgan fingerprint density at radius 1 is 0.913 bits per heavy atom. The number of likely N-dealkylation sites (N-methyl/N-ethyl adjacent to an activating group) is 2. The fraction of sp³-hybridized carbons (Fsp3) is 0.889. The van der Waals surface area contributed by atoms with Crippen LogP contribution in [0.4, 0.5) is 0 Å². The van der Waals surface area contributed by atoms with Gasteiger partial charge < -0.3 is 24.6 Å². The summed E-state index contributed by atoms with van der Waals surface area (Å²) in [5.41, 5.74) is 0. The summed E-state index contributed by atoms with van der Waals surface area (Å²) in [6.07, 6.45) is 3.02. The number of carbonyl (C=O) groups excluding carboxylic acids is 4. The average Bonchev–Trinajstić information content (AvgIpc) is 3.48. The van der Waals surface area contributed by atoms with Crippen molar-refractivity contribution in [3.63, 3.8) is 0 Å². The summed E-state index contributed by atoms with van der Waals surface area (Å²) >= 11 is 0. The second-order valence-corrected chi connectivity index (χ2v) is 14.4. The van der Waals surface area contributed by atoms with Gasteiger partial charge in [-0.05, 0) is 64.7 Å². The van der Waals surface area contributed by atoms with Gasteiger partial charge in [0.1, 0.15) is 5.78 Å². The predicted molar refractivity (Wildman–Crippen MR) is 185 cm³/mol. The lowest BCUT2D eigenvalue weighted by atomic mass is 9.83. The van der Waals surface area contributed by atoms with E-state index in [1.165, 1.54) is 0 Å². The lowest BCUT2D eigenvalue weighted by molar-refractivity contribution is -0.149. The van der Waals surface area contributed by atoms with Crippen LogP contribution in [-0.2, 0) is 28.7 Å². The number of rotatable bonds is 22. The van der Waals surface area contributed by atoms with Crippen LogP contribution in [0.2, 0.25) is 0 Å². The highest BCUT2D eigenvalue weighted by atomic mass is 16.5. The highest BCUT2D eigenvalue weighted by Gasteiger charge is 2.43. The lowest BCUT2D eigenvalue weighted by Crippen LogP contribution is -2.54. The molecule has 10 heteroatoms. The zero-order chi connectivity index (χ0) is 35.3. The number of carbonyl (C=O) groups is 4. The lowest BCUT2D eigenvalue weighted by Gasteiger charge is -2.41. The summed E-state index contributed by atoms with van der Waals surface area (Å²) in [4.78, 5) is 60.2. The predicted octanol–water partition coefficient (Wildman–Crippen LogP) is 4.29. The zero-order valence-electron chi connectivity index (χ0n) is 31.4. The van der Waals surface area contributed by atoms with E-state index in [0.717, 1.165) is 32.2 Å². The van der Waals surface area contributed by atoms with E-state index in [4.69, 9.17) is 9.47 Å². The Balaban J connectivity index is 3.23. The van der Waals surface area contributed by atoms with E-state index in [1.807, 2.05) is 65.6 Å². The van der Waals surface area contributed by atoms with E-state index in [-0.39, 0.29) is 84.1 Å². The molecule has 0 spiro atoms. The van der Waals surface area contributed by atoms with Crippen molar-refractivity contribution in [2.75, 3.05) is 55.5 Å². The number of nitrogens with one attached hydrogen (secondary N) is 1. The number of ketones is 2. The Bertz CT molecular complexity index is 949. The maximum atomic E-state index is 14.2. The molecule has 1 heterocycles. The Hall–Kier alpha value is -1.88. The van der Waals surface area contributed by atoms with Crippen LogP contribution in [0.5, 0.6) is 0 Å². The van der Waals surface area contributed by atoms with Crippen molar-refractivity contribution >= 4 is 23.4 Å². The van der Waals surface area contributed by atoms with Gasteiger partial charge in [-0.25, -0.2) is 0 Å². The molecule has 0 aliphatic carbocycles. The van der Waals surface area contributed by atoms with Crippen molar-refractivity contribution in [3.8, 4) is 0 Å². The maximum Gasteiger partial charge on any atom is 0.226 e. The van der Waals surface area contributed by atoms with Crippen molar-refractivity contribution in [2.45, 2.75) is 124 Å². The average molecular weight is 653 g/mol. The quantitative estimate of drug-likeness (QED) is 0.173. The maximum absolute atomic E-state index is 14.2. The molecular weight excluding hydrogens is 584 g/mol. The van der Waals surface area contributed by atoms with Gasteiger partial charge in [-0.1, -0.05) is 54.9 Å². The van der Waals surface area contributed by atoms with Gasteiger partial charge in [0, 0.05) is 52.5 Å². The van der Waals surface area contributed by atoms with E-state index in [2.05, 4.69) is 19.2 Å². The molecule has 0 bridgehead atoms. The molecule has 0 aromatic rings. The molecule has 10 nitrogen and oxygen atoms in total. The van der Waals surface area contributed by atoms with Crippen molar-refractivity contribution in [1.82, 2.24) is 20.0 Å². The third kappa shape index (κ3) is 11.4. The first kappa shape index (κ1) is 42.1. The van der Waals surface area contributed by atoms with Gasteiger partial charge in [-0.2, -0.15) is 0 Å². The molecule has 1 aliphatic heterocycles. The summed E-state index contributed by atoms with van der Waals surface area (Å²) in [5.74, 6) is -0.574. The van der Waals surface area contributed by atoms with Crippen LogP contribution in [-0.4, -0.2) is 124 Å². The summed E-state index contributed by atoms with van der Waals surface area (Å²) < 4.78 is 11.9. The van der Waals surface area contributed by atoms with Crippen molar-refractivity contribution in [2.24, 2.45) is 29.6 Å². The third-order valence-corrected chi connectivity index (χ3v) is 10.3. The second kappa shape index (κ2) is 20.5. The van der Waals surface area contributed by atoms with Gasteiger partial charge in [0.15, 0.2) is 5.78 Å². The zero-order valence-corrected chi connectivity index (χ0v) is 31.4. The van der Waals surface area contributed by atoms with Crippen molar-refractivity contribution in [1.29, 1.82) is 0 Å². The SMILES string of the molecule is CC[C@H](C)[C@@H]([C@@H](CC(=O)N1CCC[C@H]1[C@H](OC)[C@@H](C)C(=O)CCCNC)OC)N(C)C(=O)[C@@H](CC(=O)[C@H](C(C)C)N(C)C)C(C)C. The molecule has 0 aromatic heterocycles. The van der Waals surface area contributed by atoms with Gasteiger partial charge in [-0.3, -0.25) is 24.1 Å². The smallest absolute Gasteiger partial charge is 0.226 e. The van der Waals surface area contributed by atoms with E-state index < -0.39 is 12.0 Å². The Morgan fingerprint density at radius 3 is 2.02 bits per heavy atom. The number of hydrogen-bond acceptors (Lipinski definition) is 8.